The molecule has 1 aromatic heterocycles. The number of rotatable bonds is 3. The Morgan fingerprint density at radius 3 is 3.00 bits per heavy atom. The van der Waals surface area contributed by atoms with E-state index in [-0.39, 0.29) is 0 Å². The van der Waals surface area contributed by atoms with E-state index in [2.05, 4.69) is 17.1 Å². The van der Waals surface area contributed by atoms with Crippen molar-refractivity contribution in [2.75, 3.05) is 6.54 Å². The highest BCUT2D eigenvalue weighted by molar-refractivity contribution is 5.27. The van der Waals surface area contributed by atoms with Crippen LogP contribution in [0.15, 0.2) is 0 Å². The van der Waals surface area contributed by atoms with Gasteiger partial charge in [-0.1, -0.05) is 6.92 Å². The van der Waals surface area contributed by atoms with Crippen LogP contribution >= 0.6 is 0 Å². The molecule has 3 heteroatoms. The van der Waals surface area contributed by atoms with Crippen LogP contribution in [0.4, 0.5) is 0 Å². The first-order chi connectivity index (χ1) is 6.81. The molecule has 0 spiro atoms. The van der Waals surface area contributed by atoms with Gasteiger partial charge in [0.15, 0.2) is 0 Å². The van der Waals surface area contributed by atoms with Crippen molar-refractivity contribution in [2.24, 2.45) is 11.7 Å². The quantitative estimate of drug-likeness (QED) is 0.763. The SMILES string of the molecule is CC(CN)Cc1n[nH]c2c1CCCC2. The Balaban J connectivity index is 2.14. The lowest BCUT2D eigenvalue weighted by Gasteiger charge is -2.12. The maximum absolute atomic E-state index is 5.63. The summed E-state index contributed by atoms with van der Waals surface area (Å²) in [6.07, 6.45) is 6.04. The van der Waals surface area contributed by atoms with Crippen LogP contribution in [0.2, 0.25) is 0 Å². The van der Waals surface area contributed by atoms with Crippen molar-refractivity contribution in [3.05, 3.63) is 17.0 Å². The van der Waals surface area contributed by atoms with Crippen molar-refractivity contribution in [1.82, 2.24) is 10.2 Å². The molecule has 1 unspecified atom stereocenters. The zero-order valence-electron chi connectivity index (χ0n) is 8.84. The second kappa shape index (κ2) is 4.13. The Labute approximate surface area is 85.1 Å². The van der Waals surface area contributed by atoms with E-state index in [1.54, 1.807) is 0 Å². The minimum absolute atomic E-state index is 0.546. The predicted molar refractivity (Wildman–Crippen MR) is 57.2 cm³/mol. The smallest absolute Gasteiger partial charge is 0.0660 e. The molecular weight excluding hydrogens is 174 g/mol. The van der Waals surface area contributed by atoms with E-state index in [0.717, 1.165) is 13.0 Å². The zero-order valence-corrected chi connectivity index (χ0v) is 8.84. The van der Waals surface area contributed by atoms with Crippen molar-refractivity contribution >= 4 is 0 Å². The highest BCUT2D eigenvalue weighted by Gasteiger charge is 2.17. The van der Waals surface area contributed by atoms with E-state index in [1.807, 2.05) is 0 Å². The molecule has 0 aliphatic heterocycles. The summed E-state index contributed by atoms with van der Waals surface area (Å²) in [6.45, 7) is 2.94. The van der Waals surface area contributed by atoms with Crippen molar-refractivity contribution in [3.63, 3.8) is 0 Å². The summed E-state index contributed by atoms with van der Waals surface area (Å²) in [5.74, 6) is 0.546. The molecule has 0 bridgehead atoms. The second-order valence-corrected chi connectivity index (χ2v) is 4.38. The fourth-order valence-electron chi connectivity index (χ4n) is 2.13. The summed E-state index contributed by atoms with van der Waals surface area (Å²) >= 11 is 0. The monoisotopic (exact) mass is 193 g/mol. The second-order valence-electron chi connectivity index (χ2n) is 4.38. The van der Waals surface area contributed by atoms with Gasteiger partial charge in [-0.15, -0.1) is 0 Å². The van der Waals surface area contributed by atoms with Gasteiger partial charge in [0.05, 0.1) is 5.69 Å². The highest BCUT2D eigenvalue weighted by atomic mass is 15.1. The molecule has 2 rings (SSSR count). The molecule has 1 aromatic rings. The minimum Gasteiger partial charge on any atom is -0.330 e. The number of nitrogens with one attached hydrogen (secondary N) is 1. The minimum atomic E-state index is 0.546. The number of hydrogen-bond acceptors (Lipinski definition) is 2. The van der Waals surface area contributed by atoms with Crippen molar-refractivity contribution < 1.29 is 0 Å². The zero-order chi connectivity index (χ0) is 9.97. The Morgan fingerprint density at radius 2 is 2.21 bits per heavy atom. The van der Waals surface area contributed by atoms with Crippen LogP contribution in [0, 0.1) is 5.92 Å². The number of H-pyrrole nitrogens is 1. The lowest BCUT2D eigenvalue weighted by Crippen LogP contribution is -2.14. The Kier molecular flexibility index (Phi) is 2.87. The normalized spacial score (nSPS) is 17.9. The molecule has 0 fully saturated rings. The topological polar surface area (TPSA) is 54.7 Å². The maximum Gasteiger partial charge on any atom is 0.0660 e. The third kappa shape index (κ3) is 1.82. The standard InChI is InChI=1S/C11H19N3/c1-8(7-12)6-11-9-4-2-3-5-10(9)13-14-11/h8H,2-7,12H2,1H3,(H,13,14). The van der Waals surface area contributed by atoms with Crippen LogP contribution in [0.1, 0.15) is 36.7 Å². The first-order valence-electron chi connectivity index (χ1n) is 5.56. The third-order valence-electron chi connectivity index (χ3n) is 3.09. The maximum atomic E-state index is 5.63. The van der Waals surface area contributed by atoms with Gasteiger partial charge in [-0.05, 0) is 50.1 Å². The van der Waals surface area contributed by atoms with Crippen molar-refractivity contribution in [1.29, 1.82) is 0 Å². The number of fused-ring (bicyclic) bond motifs is 1. The first kappa shape index (κ1) is 9.71. The van der Waals surface area contributed by atoms with Crippen molar-refractivity contribution in [2.45, 2.75) is 39.0 Å². The summed E-state index contributed by atoms with van der Waals surface area (Å²) < 4.78 is 0. The largest absolute Gasteiger partial charge is 0.330 e. The number of aryl methyl sites for hydroxylation is 1. The Bertz CT molecular complexity index is 303. The van der Waals surface area contributed by atoms with Gasteiger partial charge >= 0.3 is 0 Å². The first-order valence-corrected chi connectivity index (χ1v) is 5.56. The predicted octanol–water partition coefficient (Wildman–Crippen LogP) is 1.43. The molecule has 0 radical (unpaired) electrons. The molecular formula is C11H19N3. The molecule has 0 saturated carbocycles. The fourth-order valence-corrected chi connectivity index (χ4v) is 2.13. The molecule has 0 saturated heterocycles. The van der Waals surface area contributed by atoms with Crippen LogP contribution in [-0.2, 0) is 19.3 Å². The van der Waals surface area contributed by atoms with Gasteiger partial charge < -0.3 is 5.73 Å². The van der Waals surface area contributed by atoms with Gasteiger partial charge in [0.1, 0.15) is 0 Å². The van der Waals surface area contributed by atoms with Crippen LogP contribution in [-0.4, -0.2) is 16.7 Å². The molecule has 78 valence electrons. The highest BCUT2D eigenvalue weighted by Crippen LogP contribution is 2.23. The summed E-state index contributed by atoms with van der Waals surface area (Å²) in [7, 11) is 0. The van der Waals surface area contributed by atoms with E-state index >= 15 is 0 Å². The van der Waals surface area contributed by atoms with Gasteiger partial charge in [0.25, 0.3) is 0 Å². The number of nitrogens with zero attached hydrogens (tertiary/aromatic N) is 1. The van der Waals surface area contributed by atoms with Crippen LogP contribution in [0.25, 0.3) is 0 Å². The van der Waals surface area contributed by atoms with Crippen LogP contribution < -0.4 is 5.73 Å². The molecule has 3 N–H and O–H groups in total. The van der Waals surface area contributed by atoms with Gasteiger partial charge in [-0.2, -0.15) is 5.10 Å². The Hall–Kier alpha value is -0.830. The van der Waals surface area contributed by atoms with Crippen LogP contribution in [0.3, 0.4) is 0 Å². The number of aromatic amines is 1. The molecule has 1 aliphatic carbocycles. The van der Waals surface area contributed by atoms with E-state index in [4.69, 9.17) is 5.73 Å². The number of nitrogens with two attached hydrogens (primary N) is 1. The third-order valence-corrected chi connectivity index (χ3v) is 3.09. The molecule has 1 atom stereocenters. The van der Waals surface area contributed by atoms with Crippen molar-refractivity contribution in [3.8, 4) is 0 Å². The average Bonchev–Trinajstić information content (AvgIpc) is 2.62. The summed E-state index contributed by atoms with van der Waals surface area (Å²) in [6, 6.07) is 0. The van der Waals surface area contributed by atoms with Crippen LogP contribution in [0.5, 0.6) is 0 Å². The number of aromatic nitrogens is 2. The van der Waals surface area contributed by atoms with E-state index in [0.29, 0.717) is 5.92 Å². The molecule has 1 aliphatic rings. The molecule has 1 heterocycles. The summed E-state index contributed by atoms with van der Waals surface area (Å²) in [4.78, 5) is 0. The Morgan fingerprint density at radius 1 is 1.43 bits per heavy atom. The number of hydrogen-bond donors (Lipinski definition) is 2. The van der Waals surface area contributed by atoms with E-state index in [1.165, 1.54) is 42.6 Å². The van der Waals surface area contributed by atoms with E-state index in [9.17, 15) is 0 Å². The average molecular weight is 193 g/mol. The molecule has 0 aromatic carbocycles. The molecule has 3 nitrogen and oxygen atoms in total. The van der Waals surface area contributed by atoms with Gasteiger partial charge in [0.2, 0.25) is 0 Å². The van der Waals surface area contributed by atoms with Gasteiger partial charge in [0, 0.05) is 5.69 Å². The molecule has 0 amide bonds. The lowest BCUT2D eigenvalue weighted by molar-refractivity contribution is 0.577. The van der Waals surface area contributed by atoms with E-state index < -0.39 is 0 Å². The molecule has 14 heavy (non-hydrogen) atoms. The fraction of sp³-hybridized carbons (Fsp3) is 0.727. The lowest BCUT2D eigenvalue weighted by atomic mass is 9.93. The van der Waals surface area contributed by atoms with Gasteiger partial charge in [-0.3, -0.25) is 5.10 Å². The summed E-state index contributed by atoms with van der Waals surface area (Å²) in [5.41, 5.74) is 9.74. The summed E-state index contributed by atoms with van der Waals surface area (Å²) in [5, 5.41) is 7.57. The van der Waals surface area contributed by atoms with Gasteiger partial charge in [-0.25, -0.2) is 0 Å².